The first-order chi connectivity index (χ1) is 7.74. The molecule has 0 unspecified atom stereocenters. The molecule has 0 aliphatic rings. The third-order valence-electron chi connectivity index (χ3n) is 2.26. The summed E-state index contributed by atoms with van der Waals surface area (Å²) in [6, 6.07) is 5.76. The third kappa shape index (κ3) is 1.35. The fourth-order valence-electron chi connectivity index (χ4n) is 1.63. The van der Waals surface area contributed by atoms with Crippen LogP contribution in [-0.2, 0) is 4.79 Å². The maximum atomic E-state index is 10.9. The standard InChI is InChI=1S/C10H8N4OS/c1-6(15)12-7-2-3-8-9(4-7)16-10-13-11-5-14(8)10/h2-5H,1H3,(H,12,15). The van der Waals surface area contributed by atoms with Gasteiger partial charge < -0.3 is 5.32 Å². The van der Waals surface area contributed by atoms with Crippen molar-refractivity contribution in [3.8, 4) is 0 Å². The van der Waals surface area contributed by atoms with Crippen LogP contribution < -0.4 is 5.32 Å². The summed E-state index contributed by atoms with van der Waals surface area (Å²) in [6.07, 6.45) is 1.69. The monoisotopic (exact) mass is 232 g/mol. The van der Waals surface area contributed by atoms with E-state index in [1.54, 1.807) is 17.7 Å². The normalized spacial score (nSPS) is 11.1. The topological polar surface area (TPSA) is 59.3 Å². The molecule has 0 spiro atoms. The average Bonchev–Trinajstić information content (AvgIpc) is 2.75. The van der Waals surface area contributed by atoms with Gasteiger partial charge in [0.1, 0.15) is 6.33 Å². The molecule has 80 valence electrons. The van der Waals surface area contributed by atoms with Crippen LogP contribution in [-0.4, -0.2) is 20.5 Å². The fourth-order valence-corrected chi connectivity index (χ4v) is 2.62. The van der Waals surface area contributed by atoms with E-state index >= 15 is 0 Å². The molecule has 5 nitrogen and oxygen atoms in total. The molecule has 0 aliphatic carbocycles. The first-order valence-corrected chi connectivity index (χ1v) is 5.55. The van der Waals surface area contributed by atoms with Gasteiger partial charge in [0.2, 0.25) is 10.9 Å². The summed E-state index contributed by atoms with van der Waals surface area (Å²) < 4.78 is 3.01. The molecular weight excluding hydrogens is 224 g/mol. The summed E-state index contributed by atoms with van der Waals surface area (Å²) >= 11 is 1.55. The van der Waals surface area contributed by atoms with Crippen molar-refractivity contribution in [1.82, 2.24) is 14.6 Å². The molecule has 0 saturated carbocycles. The molecule has 0 radical (unpaired) electrons. The molecule has 16 heavy (non-hydrogen) atoms. The number of fused-ring (bicyclic) bond motifs is 3. The van der Waals surface area contributed by atoms with Gasteiger partial charge in [-0.1, -0.05) is 11.3 Å². The summed E-state index contributed by atoms with van der Waals surface area (Å²) in [7, 11) is 0. The lowest BCUT2D eigenvalue weighted by atomic mass is 10.3. The van der Waals surface area contributed by atoms with E-state index in [-0.39, 0.29) is 5.91 Å². The molecule has 3 rings (SSSR count). The quantitative estimate of drug-likeness (QED) is 0.697. The smallest absolute Gasteiger partial charge is 0.221 e. The third-order valence-corrected chi connectivity index (χ3v) is 3.27. The van der Waals surface area contributed by atoms with Crippen molar-refractivity contribution in [3.05, 3.63) is 24.5 Å². The minimum atomic E-state index is -0.0673. The zero-order chi connectivity index (χ0) is 11.1. The molecular formula is C10H8N4OS. The van der Waals surface area contributed by atoms with Crippen LogP contribution in [0.4, 0.5) is 5.69 Å². The highest BCUT2D eigenvalue weighted by Gasteiger charge is 2.06. The molecule has 0 fully saturated rings. The van der Waals surface area contributed by atoms with Gasteiger partial charge in [-0.25, -0.2) is 0 Å². The van der Waals surface area contributed by atoms with Crippen molar-refractivity contribution >= 4 is 38.1 Å². The molecule has 1 amide bonds. The van der Waals surface area contributed by atoms with Crippen molar-refractivity contribution in [2.45, 2.75) is 6.92 Å². The summed E-state index contributed by atoms with van der Waals surface area (Å²) in [4.78, 5) is 11.8. The van der Waals surface area contributed by atoms with Crippen LogP contribution >= 0.6 is 11.3 Å². The number of amides is 1. The van der Waals surface area contributed by atoms with Gasteiger partial charge in [-0.2, -0.15) is 0 Å². The van der Waals surface area contributed by atoms with Crippen LogP contribution in [0, 0.1) is 0 Å². The fraction of sp³-hybridized carbons (Fsp3) is 0.100. The molecule has 2 aromatic heterocycles. The largest absolute Gasteiger partial charge is 0.326 e. The number of carbonyl (C=O) groups is 1. The van der Waals surface area contributed by atoms with Crippen molar-refractivity contribution in [2.24, 2.45) is 0 Å². The molecule has 6 heteroatoms. The Morgan fingerprint density at radius 3 is 3.19 bits per heavy atom. The molecule has 1 aromatic carbocycles. The van der Waals surface area contributed by atoms with E-state index in [0.29, 0.717) is 0 Å². The highest BCUT2D eigenvalue weighted by molar-refractivity contribution is 7.23. The summed E-state index contributed by atoms with van der Waals surface area (Å²) in [5.74, 6) is -0.0673. The number of benzene rings is 1. The predicted octanol–water partition coefficient (Wildman–Crippen LogP) is 1.90. The molecule has 0 bridgehead atoms. The SMILES string of the molecule is CC(=O)Nc1ccc2c(c1)sc1nncn12. The highest BCUT2D eigenvalue weighted by Crippen LogP contribution is 2.27. The Bertz CT molecular complexity index is 684. The van der Waals surface area contributed by atoms with Crippen LogP contribution in [0.2, 0.25) is 0 Å². The van der Waals surface area contributed by atoms with Gasteiger partial charge in [0, 0.05) is 12.6 Å². The number of carbonyl (C=O) groups excluding carboxylic acids is 1. The number of nitrogens with one attached hydrogen (secondary N) is 1. The van der Waals surface area contributed by atoms with Crippen molar-refractivity contribution in [2.75, 3.05) is 5.32 Å². The van der Waals surface area contributed by atoms with Crippen LogP contribution in [0.3, 0.4) is 0 Å². The van der Waals surface area contributed by atoms with Crippen LogP contribution in [0.15, 0.2) is 24.5 Å². The van der Waals surface area contributed by atoms with Crippen molar-refractivity contribution in [1.29, 1.82) is 0 Å². The number of aromatic nitrogens is 3. The van der Waals surface area contributed by atoms with E-state index in [9.17, 15) is 4.79 Å². The Morgan fingerprint density at radius 1 is 1.50 bits per heavy atom. The van der Waals surface area contributed by atoms with Gasteiger partial charge in [0.25, 0.3) is 0 Å². The lowest BCUT2D eigenvalue weighted by Gasteiger charge is -2.00. The molecule has 0 saturated heterocycles. The van der Waals surface area contributed by atoms with Crippen molar-refractivity contribution in [3.63, 3.8) is 0 Å². The van der Waals surface area contributed by atoms with Crippen LogP contribution in [0.5, 0.6) is 0 Å². The maximum absolute atomic E-state index is 10.9. The Hall–Kier alpha value is -1.95. The Kier molecular flexibility index (Phi) is 1.90. The Morgan fingerprint density at radius 2 is 2.38 bits per heavy atom. The van der Waals surface area contributed by atoms with E-state index in [1.165, 1.54) is 6.92 Å². The predicted molar refractivity (Wildman–Crippen MR) is 62.7 cm³/mol. The molecule has 0 atom stereocenters. The number of hydrogen-bond donors (Lipinski definition) is 1. The molecule has 3 aromatic rings. The highest BCUT2D eigenvalue weighted by atomic mass is 32.1. The number of nitrogens with zero attached hydrogens (tertiary/aromatic N) is 3. The average molecular weight is 232 g/mol. The first kappa shape index (κ1) is 9.29. The second-order valence-electron chi connectivity index (χ2n) is 3.45. The molecule has 0 aliphatic heterocycles. The lowest BCUT2D eigenvalue weighted by Crippen LogP contribution is -2.05. The second kappa shape index (κ2) is 3.28. The van der Waals surface area contributed by atoms with Gasteiger partial charge >= 0.3 is 0 Å². The number of anilines is 1. The van der Waals surface area contributed by atoms with E-state index in [2.05, 4.69) is 15.5 Å². The van der Waals surface area contributed by atoms with Gasteiger partial charge in [0.05, 0.1) is 10.2 Å². The Labute approximate surface area is 94.7 Å². The van der Waals surface area contributed by atoms with Gasteiger partial charge in [-0.05, 0) is 18.2 Å². The minimum absolute atomic E-state index is 0.0673. The molecule has 1 N–H and O–H groups in total. The number of hydrogen-bond acceptors (Lipinski definition) is 4. The van der Waals surface area contributed by atoms with Gasteiger partial charge in [0.15, 0.2) is 0 Å². The lowest BCUT2D eigenvalue weighted by molar-refractivity contribution is -0.114. The van der Waals surface area contributed by atoms with Crippen LogP contribution in [0.1, 0.15) is 6.92 Å². The minimum Gasteiger partial charge on any atom is -0.326 e. The summed E-state index contributed by atoms with van der Waals surface area (Å²) in [5, 5.41) is 10.6. The zero-order valence-corrected chi connectivity index (χ0v) is 9.28. The number of thiazole rings is 1. The first-order valence-electron chi connectivity index (χ1n) is 4.74. The molecule has 2 heterocycles. The maximum Gasteiger partial charge on any atom is 0.221 e. The number of rotatable bonds is 1. The summed E-state index contributed by atoms with van der Waals surface area (Å²) in [6.45, 7) is 1.50. The second-order valence-corrected chi connectivity index (χ2v) is 4.46. The van der Waals surface area contributed by atoms with Gasteiger partial charge in [-0.3, -0.25) is 9.20 Å². The van der Waals surface area contributed by atoms with E-state index in [4.69, 9.17) is 0 Å². The van der Waals surface area contributed by atoms with Gasteiger partial charge in [-0.15, -0.1) is 10.2 Å². The summed E-state index contributed by atoms with van der Waals surface area (Å²) in [5.41, 5.74) is 1.86. The van der Waals surface area contributed by atoms with Crippen molar-refractivity contribution < 1.29 is 4.79 Å². The van der Waals surface area contributed by atoms with E-state index in [1.807, 2.05) is 22.6 Å². The Balaban J connectivity index is 2.20. The van der Waals surface area contributed by atoms with E-state index < -0.39 is 0 Å². The van der Waals surface area contributed by atoms with Crippen LogP contribution in [0.25, 0.3) is 15.2 Å². The van der Waals surface area contributed by atoms with E-state index in [0.717, 1.165) is 20.9 Å². The zero-order valence-electron chi connectivity index (χ0n) is 8.47.